The van der Waals surface area contributed by atoms with Crippen LogP contribution in [-0.4, -0.2) is 18.1 Å². The van der Waals surface area contributed by atoms with Gasteiger partial charge >= 0.3 is 0 Å². The first kappa shape index (κ1) is 12.2. The molecule has 0 unspecified atom stereocenters. The highest BCUT2D eigenvalue weighted by molar-refractivity contribution is 7.80. The van der Waals surface area contributed by atoms with E-state index in [0.717, 1.165) is 11.1 Å². The number of rotatable bonds is 2. The van der Waals surface area contributed by atoms with Gasteiger partial charge in [0.15, 0.2) is 5.11 Å². The maximum Gasteiger partial charge on any atom is 0.230 e. The Morgan fingerprint density at radius 1 is 1.50 bits per heavy atom. The third-order valence-corrected chi connectivity index (χ3v) is 2.31. The van der Waals surface area contributed by atoms with Crippen LogP contribution in [0.25, 0.3) is 0 Å². The number of hydrogen-bond acceptors (Lipinski definition) is 2. The molecule has 0 bridgehead atoms. The third kappa shape index (κ3) is 3.37. The first-order chi connectivity index (χ1) is 7.67. The van der Waals surface area contributed by atoms with E-state index in [1.807, 2.05) is 18.2 Å². The molecule has 82 valence electrons. The molecule has 3 nitrogen and oxygen atoms in total. The number of nitrogens with one attached hydrogen (secondary N) is 2. The molecule has 16 heavy (non-hydrogen) atoms. The third-order valence-electron chi connectivity index (χ3n) is 2.00. The zero-order valence-corrected chi connectivity index (χ0v) is 9.73. The van der Waals surface area contributed by atoms with Gasteiger partial charge in [-0.15, -0.1) is 6.42 Å². The summed E-state index contributed by atoms with van der Waals surface area (Å²) < 4.78 is 0. The zero-order valence-electron chi connectivity index (χ0n) is 8.91. The molecule has 0 aliphatic heterocycles. The predicted octanol–water partition coefficient (Wildman–Crippen LogP) is 0.831. The second-order valence-electron chi connectivity index (χ2n) is 3.11. The molecule has 1 amide bonds. The Bertz CT molecular complexity index is 449. The van der Waals surface area contributed by atoms with Gasteiger partial charge in [-0.2, -0.15) is 0 Å². The number of hydrogen-bond donors (Lipinski definition) is 2. The van der Waals surface area contributed by atoms with Gasteiger partial charge in [-0.3, -0.25) is 4.79 Å². The number of amides is 1. The van der Waals surface area contributed by atoms with Crippen LogP contribution < -0.4 is 10.6 Å². The normalized spacial score (nSPS) is 9.00. The Hall–Kier alpha value is -1.86. The molecule has 0 atom stereocenters. The Kier molecular flexibility index (Phi) is 4.49. The van der Waals surface area contributed by atoms with E-state index in [4.69, 9.17) is 18.6 Å². The smallest absolute Gasteiger partial charge is 0.230 e. The number of terminal acetylenes is 1. The molecule has 0 spiro atoms. The van der Waals surface area contributed by atoms with Gasteiger partial charge in [-0.05, 0) is 23.8 Å². The summed E-state index contributed by atoms with van der Waals surface area (Å²) in [4.78, 5) is 11.5. The Balaban J connectivity index is 2.70. The van der Waals surface area contributed by atoms with E-state index in [0.29, 0.717) is 5.11 Å². The van der Waals surface area contributed by atoms with Gasteiger partial charge in [0.1, 0.15) is 0 Å². The van der Waals surface area contributed by atoms with Crippen molar-refractivity contribution in [3.8, 4) is 12.3 Å². The molecule has 0 radical (unpaired) electrons. The minimum absolute atomic E-state index is 0.179. The Morgan fingerprint density at radius 2 is 2.19 bits per heavy atom. The second-order valence-corrected chi connectivity index (χ2v) is 3.51. The van der Waals surface area contributed by atoms with Crippen molar-refractivity contribution < 1.29 is 4.79 Å². The quantitative estimate of drug-likeness (QED) is 0.586. The van der Waals surface area contributed by atoms with Crippen LogP contribution in [0.1, 0.15) is 11.1 Å². The summed E-state index contributed by atoms with van der Waals surface area (Å²) in [5, 5.41) is 5.52. The van der Waals surface area contributed by atoms with E-state index in [9.17, 15) is 4.79 Å². The van der Waals surface area contributed by atoms with Gasteiger partial charge in [-0.25, -0.2) is 0 Å². The summed E-state index contributed by atoms with van der Waals surface area (Å²) in [5.41, 5.74) is 1.55. The maximum atomic E-state index is 11.5. The van der Waals surface area contributed by atoms with Crippen LogP contribution in [0.4, 0.5) is 0 Å². The molecular formula is C12H12N2OS. The van der Waals surface area contributed by atoms with Crippen molar-refractivity contribution in [3.05, 3.63) is 35.4 Å². The Labute approximate surface area is 100 Å². The van der Waals surface area contributed by atoms with Crippen LogP contribution in [0.2, 0.25) is 0 Å². The predicted molar refractivity (Wildman–Crippen MR) is 67.9 cm³/mol. The molecular weight excluding hydrogens is 220 g/mol. The van der Waals surface area contributed by atoms with Gasteiger partial charge in [0, 0.05) is 12.6 Å². The molecule has 0 aromatic heterocycles. The lowest BCUT2D eigenvalue weighted by Gasteiger charge is -2.06. The summed E-state index contributed by atoms with van der Waals surface area (Å²) >= 11 is 4.83. The lowest BCUT2D eigenvalue weighted by atomic mass is 10.1. The molecule has 1 aromatic rings. The largest absolute Gasteiger partial charge is 0.365 e. The molecule has 2 N–H and O–H groups in total. The minimum Gasteiger partial charge on any atom is -0.365 e. The number of carbonyl (C=O) groups excluding carboxylic acids is 1. The highest BCUT2D eigenvalue weighted by Gasteiger charge is 2.07. The van der Waals surface area contributed by atoms with Crippen LogP contribution in [0, 0.1) is 12.3 Å². The molecule has 0 aliphatic carbocycles. The molecule has 0 fully saturated rings. The fraction of sp³-hybridized carbons (Fsp3) is 0.167. The van der Waals surface area contributed by atoms with Crippen LogP contribution >= 0.6 is 12.2 Å². The Morgan fingerprint density at radius 3 is 2.81 bits per heavy atom. The van der Waals surface area contributed by atoms with Gasteiger partial charge in [0.2, 0.25) is 5.91 Å². The van der Waals surface area contributed by atoms with Crippen LogP contribution in [0.3, 0.4) is 0 Å². The van der Waals surface area contributed by atoms with Crippen molar-refractivity contribution in [1.82, 2.24) is 10.6 Å². The van der Waals surface area contributed by atoms with Gasteiger partial charge in [0.25, 0.3) is 0 Å². The SMILES string of the molecule is C#Cc1ccccc1CC(=O)NC(=S)NC. The number of benzene rings is 1. The van der Waals surface area contributed by atoms with E-state index in [-0.39, 0.29) is 12.3 Å². The van der Waals surface area contributed by atoms with Crippen molar-refractivity contribution in [2.45, 2.75) is 6.42 Å². The molecule has 4 heteroatoms. The average molecular weight is 232 g/mol. The molecule has 0 saturated heterocycles. The topological polar surface area (TPSA) is 41.1 Å². The van der Waals surface area contributed by atoms with Gasteiger partial charge in [-0.1, -0.05) is 24.1 Å². The van der Waals surface area contributed by atoms with Gasteiger partial charge < -0.3 is 10.6 Å². The average Bonchev–Trinajstić information content (AvgIpc) is 2.29. The van der Waals surface area contributed by atoms with Crippen molar-refractivity contribution >= 4 is 23.2 Å². The van der Waals surface area contributed by atoms with Crippen molar-refractivity contribution in [2.75, 3.05) is 7.05 Å². The van der Waals surface area contributed by atoms with E-state index in [1.165, 1.54) is 0 Å². The van der Waals surface area contributed by atoms with E-state index in [1.54, 1.807) is 13.1 Å². The van der Waals surface area contributed by atoms with E-state index >= 15 is 0 Å². The standard InChI is InChI=1S/C12H12N2OS/c1-3-9-6-4-5-7-10(9)8-11(15)14-12(16)13-2/h1,4-7H,8H2,2H3,(H2,13,14,15,16). The lowest BCUT2D eigenvalue weighted by Crippen LogP contribution is -2.38. The first-order valence-corrected chi connectivity index (χ1v) is 5.14. The van der Waals surface area contributed by atoms with Crippen LogP contribution in [0.5, 0.6) is 0 Å². The molecule has 1 rings (SSSR count). The molecule has 0 aliphatic rings. The zero-order chi connectivity index (χ0) is 12.0. The fourth-order valence-electron chi connectivity index (χ4n) is 1.22. The monoisotopic (exact) mass is 232 g/mol. The molecule has 0 heterocycles. The number of carbonyl (C=O) groups is 1. The summed E-state index contributed by atoms with van der Waals surface area (Å²) in [6.07, 6.45) is 5.56. The first-order valence-electron chi connectivity index (χ1n) is 4.73. The fourth-order valence-corrected chi connectivity index (χ4v) is 1.34. The maximum absolute atomic E-state index is 11.5. The van der Waals surface area contributed by atoms with Crippen LogP contribution in [-0.2, 0) is 11.2 Å². The second kappa shape index (κ2) is 5.89. The van der Waals surface area contributed by atoms with Crippen molar-refractivity contribution in [1.29, 1.82) is 0 Å². The summed E-state index contributed by atoms with van der Waals surface area (Å²) in [6.45, 7) is 0. The lowest BCUT2D eigenvalue weighted by molar-refractivity contribution is -0.119. The molecule has 1 aromatic carbocycles. The highest BCUT2D eigenvalue weighted by atomic mass is 32.1. The van der Waals surface area contributed by atoms with Gasteiger partial charge in [0.05, 0.1) is 6.42 Å². The summed E-state index contributed by atoms with van der Waals surface area (Å²) in [7, 11) is 1.65. The number of thiocarbonyl (C=S) groups is 1. The van der Waals surface area contributed by atoms with Crippen molar-refractivity contribution in [3.63, 3.8) is 0 Å². The highest BCUT2D eigenvalue weighted by Crippen LogP contribution is 2.07. The van der Waals surface area contributed by atoms with E-state index < -0.39 is 0 Å². The van der Waals surface area contributed by atoms with E-state index in [2.05, 4.69) is 16.6 Å². The minimum atomic E-state index is -0.179. The molecule has 0 saturated carbocycles. The van der Waals surface area contributed by atoms with Crippen LogP contribution in [0.15, 0.2) is 24.3 Å². The van der Waals surface area contributed by atoms with Crippen molar-refractivity contribution in [2.24, 2.45) is 0 Å². The summed E-state index contributed by atoms with van der Waals surface area (Å²) in [6, 6.07) is 7.32. The summed E-state index contributed by atoms with van der Waals surface area (Å²) in [5.74, 6) is 2.36.